The van der Waals surface area contributed by atoms with E-state index in [0.29, 0.717) is 17.0 Å². The lowest BCUT2D eigenvalue weighted by molar-refractivity contribution is -0.394. The highest BCUT2D eigenvalue weighted by atomic mass is 16.6. The van der Waals surface area contributed by atoms with Crippen LogP contribution >= 0.6 is 0 Å². The van der Waals surface area contributed by atoms with Crippen LogP contribution in [0.2, 0.25) is 0 Å². The van der Waals surface area contributed by atoms with Crippen LogP contribution in [0.5, 0.6) is 0 Å². The Bertz CT molecular complexity index is 701. The number of rotatable bonds is 5. The maximum atomic E-state index is 11.8. The summed E-state index contributed by atoms with van der Waals surface area (Å²) >= 11 is 0. The van der Waals surface area contributed by atoms with E-state index in [1.807, 2.05) is 0 Å². The van der Waals surface area contributed by atoms with E-state index in [4.69, 9.17) is 4.42 Å². The van der Waals surface area contributed by atoms with E-state index in [2.05, 4.69) is 20.6 Å². The summed E-state index contributed by atoms with van der Waals surface area (Å²) in [4.78, 5) is 25.1. The van der Waals surface area contributed by atoms with Crippen LogP contribution in [0, 0.1) is 17.0 Å². The first-order chi connectivity index (χ1) is 9.97. The van der Waals surface area contributed by atoms with E-state index in [0.717, 1.165) is 0 Å². The molecule has 0 radical (unpaired) electrons. The van der Waals surface area contributed by atoms with Gasteiger partial charge in [-0.1, -0.05) is 4.98 Å². The number of amides is 1. The van der Waals surface area contributed by atoms with Crippen molar-refractivity contribution in [2.45, 2.75) is 20.4 Å². The molecule has 0 aliphatic carbocycles. The molecule has 10 heteroatoms. The predicted molar refractivity (Wildman–Crippen MR) is 70.7 cm³/mol. The van der Waals surface area contributed by atoms with Gasteiger partial charge in [-0.15, -0.1) is 0 Å². The number of aromatic nitrogens is 3. The summed E-state index contributed by atoms with van der Waals surface area (Å²) < 4.78 is 6.27. The molecule has 2 rings (SSSR count). The van der Waals surface area contributed by atoms with Gasteiger partial charge in [0.05, 0.1) is 24.1 Å². The van der Waals surface area contributed by atoms with Crippen molar-refractivity contribution in [1.82, 2.24) is 20.2 Å². The Kier molecular flexibility index (Phi) is 4.07. The molecule has 21 heavy (non-hydrogen) atoms. The van der Waals surface area contributed by atoms with E-state index in [9.17, 15) is 14.9 Å². The van der Waals surface area contributed by atoms with Crippen LogP contribution < -0.4 is 5.43 Å². The second kappa shape index (κ2) is 5.94. The van der Waals surface area contributed by atoms with Crippen LogP contribution in [-0.4, -0.2) is 31.3 Å². The van der Waals surface area contributed by atoms with E-state index < -0.39 is 16.8 Å². The van der Waals surface area contributed by atoms with Crippen LogP contribution in [0.25, 0.3) is 0 Å². The normalized spacial score (nSPS) is 11.4. The molecule has 0 aliphatic heterocycles. The molecule has 0 bridgehead atoms. The first-order valence-corrected chi connectivity index (χ1v) is 5.89. The van der Waals surface area contributed by atoms with Crippen molar-refractivity contribution in [2.24, 2.45) is 5.10 Å². The zero-order chi connectivity index (χ0) is 15.4. The quantitative estimate of drug-likeness (QED) is 0.495. The van der Waals surface area contributed by atoms with Gasteiger partial charge in [0.2, 0.25) is 6.33 Å². The summed E-state index contributed by atoms with van der Waals surface area (Å²) in [5.74, 6) is -0.390. The molecule has 0 atom stereocenters. The van der Waals surface area contributed by atoms with Crippen LogP contribution in [0.4, 0.5) is 5.95 Å². The standard InChI is InChI=1S/C11H12N6O4/c1-7(5-16-6-12-11(15-16)17(19)20)13-14-10(18)9-3-4-21-8(9)2/h3-4,6H,5H2,1-2H3,(H,14,18)/b13-7-. The predicted octanol–water partition coefficient (Wildman–Crippen LogP) is 0.894. The number of carbonyl (C=O) groups excluding carboxylic acids is 1. The molecule has 0 fully saturated rings. The van der Waals surface area contributed by atoms with Crippen LogP contribution in [0.15, 0.2) is 28.2 Å². The second-order valence-electron chi connectivity index (χ2n) is 4.18. The summed E-state index contributed by atoms with van der Waals surface area (Å²) in [6, 6.07) is 1.54. The molecular formula is C11H12N6O4. The number of carbonyl (C=O) groups is 1. The van der Waals surface area contributed by atoms with E-state index in [1.165, 1.54) is 23.3 Å². The molecule has 110 valence electrons. The van der Waals surface area contributed by atoms with Gasteiger partial charge in [0.1, 0.15) is 5.76 Å². The SMILES string of the molecule is C/C(Cn1cnc([N+](=O)[O-])n1)=N/NC(=O)c1ccoc1C. The van der Waals surface area contributed by atoms with E-state index in [-0.39, 0.29) is 6.54 Å². The molecule has 0 aliphatic rings. The molecule has 2 heterocycles. The van der Waals surface area contributed by atoms with E-state index in [1.54, 1.807) is 13.8 Å². The number of hydrazone groups is 1. The Labute approximate surface area is 118 Å². The summed E-state index contributed by atoms with van der Waals surface area (Å²) in [7, 11) is 0. The highest BCUT2D eigenvalue weighted by Crippen LogP contribution is 2.08. The Morgan fingerprint density at radius 2 is 2.38 bits per heavy atom. The Hall–Kier alpha value is -3.04. The van der Waals surface area contributed by atoms with Gasteiger partial charge in [-0.25, -0.2) is 5.43 Å². The van der Waals surface area contributed by atoms with Crippen molar-refractivity contribution in [3.63, 3.8) is 0 Å². The number of nitro groups is 1. The van der Waals surface area contributed by atoms with Crippen molar-refractivity contribution in [3.05, 3.63) is 40.1 Å². The van der Waals surface area contributed by atoms with Gasteiger partial charge >= 0.3 is 5.95 Å². The fourth-order valence-corrected chi connectivity index (χ4v) is 1.54. The number of hydrogen-bond acceptors (Lipinski definition) is 7. The minimum absolute atomic E-state index is 0.172. The van der Waals surface area contributed by atoms with Crippen LogP contribution in [0.3, 0.4) is 0 Å². The molecule has 1 amide bonds. The van der Waals surface area contributed by atoms with Gasteiger partial charge in [0.15, 0.2) is 0 Å². The first-order valence-electron chi connectivity index (χ1n) is 5.89. The zero-order valence-corrected chi connectivity index (χ0v) is 11.3. The lowest BCUT2D eigenvalue weighted by Gasteiger charge is -2.00. The van der Waals surface area contributed by atoms with Gasteiger partial charge in [-0.2, -0.15) is 9.78 Å². The maximum Gasteiger partial charge on any atom is 0.490 e. The summed E-state index contributed by atoms with van der Waals surface area (Å²) in [6.07, 6.45) is 2.63. The third-order valence-corrected chi connectivity index (χ3v) is 2.53. The smallest absolute Gasteiger partial charge is 0.469 e. The summed E-state index contributed by atoms with van der Waals surface area (Å²) in [5.41, 5.74) is 3.26. The molecular weight excluding hydrogens is 280 g/mol. The van der Waals surface area contributed by atoms with Crippen molar-refractivity contribution in [2.75, 3.05) is 0 Å². The maximum absolute atomic E-state index is 11.8. The lowest BCUT2D eigenvalue weighted by atomic mass is 10.2. The molecule has 2 aromatic heterocycles. The molecule has 2 aromatic rings. The van der Waals surface area contributed by atoms with Gasteiger partial charge < -0.3 is 14.5 Å². The monoisotopic (exact) mass is 292 g/mol. The second-order valence-corrected chi connectivity index (χ2v) is 4.18. The molecule has 1 N–H and O–H groups in total. The number of furan rings is 1. The Morgan fingerprint density at radius 1 is 1.62 bits per heavy atom. The molecule has 10 nitrogen and oxygen atoms in total. The highest BCUT2D eigenvalue weighted by molar-refractivity contribution is 5.95. The molecule has 0 spiro atoms. The minimum atomic E-state index is -0.688. The molecule has 0 unspecified atom stereocenters. The topological polar surface area (TPSA) is 128 Å². The highest BCUT2D eigenvalue weighted by Gasteiger charge is 2.14. The average molecular weight is 292 g/mol. The van der Waals surface area contributed by atoms with Gasteiger partial charge in [0.25, 0.3) is 5.91 Å². The number of hydrogen-bond donors (Lipinski definition) is 1. The largest absolute Gasteiger partial charge is 0.490 e. The number of nitrogens with one attached hydrogen (secondary N) is 1. The molecule has 0 saturated carbocycles. The van der Waals surface area contributed by atoms with Gasteiger partial charge in [0, 0.05) is 5.10 Å². The summed E-state index contributed by atoms with van der Waals surface area (Å²) in [6.45, 7) is 3.49. The van der Waals surface area contributed by atoms with Crippen molar-refractivity contribution in [3.8, 4) is 0 Å². The van der Waals surface area contributed by atoms with Crippen molar-refractivity contribution < 1.29 is 14.1 Å². The molecule has 0 saturated heterocycles. The molecule has 0 aromatic carbocycles. The van der Waals surface area contributed by atoms with E-state index >= 15 is 0 Å². The number of aryl methyl sites for hydroxylation is 1. The third kappa shape index (κ3) is 3.49. The van der Waals surface area contributed by atoms with Crippen LogP contribution in [0.1, 0.15) is 23.0 Å². The fraction of sp³-hybridized carbons (Fsp3) is 0.273. The fourth-order valence-electron chi connectivity index (χ4n) is 1.54. The van der Waals surface area contributed by atoms with Gasteiger partial charge in [-0.3, -0.25) is 4.79 Å². The van der Waals surface area contributed by atoms with Crippen molar-refractivity contribution >= 4 is 17.6 Å². The minimum Gasteiger partial charge on any atom is -0.469 e. The van der Waals surface area contributed by atoms with Gasteiger partial charge in [-0.05, 0) is 24.8 Å². The first kappa shape index (κ1) is 14.4. The summed E-state index contributed by atoms with van der Waals surface area (Å²) in [5, 5.41) is 18.0. The Balaban J connectivity index is 1.96. The average Bonchev–Trinajstić information content (AvgIpc) is 3.05. The number of nitrogens with zero attached hydrogens (tertiary/aromatic N) is 5. The van der Waals surface area contributed by atoms with Crippen LogP contribution in [-0.2, 0) is 6.54 Å². The Morgan fingerprint density at radius 3 is 2.95 bits per heavy atom. The van der Waals surface area contributed by atoms with Crippen molar-refractivity contribution in [1.29, 1.82) is 0 Å². The zero-order valence-electron chi connectivity index (χ0n) is 11.3. The lowest BCUT2D eigenvalue weighted by Crippen LogP contribution is -2.20. The third-order valence-electron chi connectivity index (χ3n) is 2.53.